The number of alkyl halides is 3. The summed E-state index contributed by atoms with van der Waals surface area (Å²) in [5.74, 6) is -1.48. The molecule has 3 N–H and O–H groups in total. The van der Waals surface area contributed by atoms with Crippen LogP contribution in [0.5, 0.6) is 0 Å². The molecule has 0 aliphatic carbocycles. The summed E-state index contributed by atoms with van der Waals surface area (Å²) in [7, 11) is 0. The number of aryl methyl sites for hydroxylation is 1. The van der Waals surface area contributed by atoms with Gasteiger partial charge in [-0.25, -0.2) is 9.78 Å². The average Bonchev–Trinajstić information content (AvgIpc) is 2.15. The van der Waals surface area contributed by atoms with Crippen molar-refractivity contribution in [1.82, 2.24) is 4.98 Å². The summed E-state index contributed by atoms with van der Waals surface area (Å²) in [5.41, 5.74) is 2.80. The van der Waals surface area contributed by atoms with Crippen molar-refractivity contribution >= 4 is 11.7 Å². The van der Waals surface area contributed by atoms with Gasteiger partial charge < -0.3 is 10.8 Å². The number of nitrogens with zero attached hydrogens (tertiary/aromatic N) is 1. The lowest BCUT2D eigenvalue weighted by Crippen LogP contribution is -2.19. The summed E-state index contributed by atoms with van der Waals surface area (Å²) in [6.07, 6.45) is -4.55. The van der Waals surface area contributed by atoms with Gasteiger partial charge in [0.1, 0.15) is 0 Å². The normalized spacial score (nSPS) is 11.6. The summed E-state index contributed by atoms with van der Waals surface area (Å²) in [4.78, 5) is 14.3. The van der Waals surface area contributed by atoms with Gasteiger partial charge in [-0.3, -0.25) is 0 Å². The molecule has 0 aliphatic heterocycles. The van der Waals surface area contributed by atoms with Gasteiger partial charge in [-0.15, -0.1) is 0 Å². The van der Waals surface area contributed by atoms with Crippen molar-refractivity contribution in [2.45, 2.75) is 26.4 Å². The molecule has 0 saturated carbocycles. The first-order valence-corrected chi connectivity index (χ1v) is 4.79. The number of anilines is 1. The summed E-state index contributed by atoms with van der Waals surface area (Å²) in [6.45, 7) is 2.99. The van der Waals surface area contributed by atoms with Crippen LogP contribution in [0, 0.1) is 6.92 Å². The fraction of sp³-hybridized carbons (Fsp3) is 0.400. The van der Waals surface area contributed by atoms with Crippen LogP contribution in [0.15, 0.2) is 0 Å². The number of hydrogen-bond donors (Lipinski definition) is 2. The maximum absolute atomic E-state index is 12.6. The number of aromatic carboxylic acids is 1. The molecule has 4 nitrogen and oxygen atoms in total. The summed E-state index contributed by atoms with van der Waals surface area (Å²) >= 11 is 0. The third-order valence-corrected chi connectivity index (χ3v) is 2.40. The monoisotopic (exact) mass is 248 g/mol. The molecule has 1 aromatic heterocycles. The van der Waals surface area contributed by atoms with Crippen LogP contribution in [-0.2, 0) is 12.6 Å². The lowest BCUT2D eigenvalue weighted by atomic mass is 10.0. The number of halogens is 3. The molecule has 1 rings (SSSR count). The van der Waals surface area contributed by atoms with Crippen molar-refractivity contribution in [3.8, 4) is 0 Å². The average molecular weight is 248 g/mol. The van der Waals surface area contributed by atoms with E-state index >= 15 is 0 Å². The highest BCUT2D eigenvalue weighted by atomic mass is 19.4. The molecule has 0 aliphatic rings. The Labute approximate surface area is 95.3 Å². The van der Waals surface area contributed by atoms with E-state index in [4.69, 9.17) is 10.8 Å². The van der Waals surface area contributed by atoms with Crippen molar-refractivity contribution in [2.24, 2.45) is 0 Å². The smallest absolute Gasteiger partial charge is 0.435 e. The van der Waals surface area contributed by atoms with Gasteiger partial charge in [-0.1, -0.05) is 6.92 Å². The largest absolute Gasteiger partial charge is 0.478 e. The Bertz CT molecular complexity index is 470. The number of carboxylic acid groups (broad SMARTS) is 1. The molecule has 0 aromatic carbocycles. The van der Waals surface area contributed by atoms with E-state index in [0.29, 0.717) is 0 Å². The SMILES string of the molecule is CCc1nc(C(F)(F)F)c(N)c(C(=O)O)c1C. The zero-order valence-corrected chi connectivity index (χ0v) is 9.22. The number of carboxylic acids is 1. The van der Waals surface area contributed by atoms with E-state index < -0.39 is 29.1 Å². The van der Waals surface area contributed by atoms with Crippen molar-refractivity contribution in [2.75, 3.05) is 5.73 Å². The Morgan fingerprint density at radius 3 is 2.35 bits per heavy atom. The summed E-state index contributed by atoms with van der Waals surface area (Å²) < 4.78 is 37.8. The van der Waals surface area contributed by atoms with Crippen LogP contribution >= 0.6 is 0 Å². The first-order chi connectivity index (χ1) is 7.70. The minimum absolute atomic E-state index is 0.0870. The zero-order chi connectivity index (χ0) is 13.4. The number of rotatable bonds is 2. The van der Waals surface area contributed by atoms with Crippen molar-refractivity contribution in [3.63, 3.8) is 0 Å². The van der Waals surface area contributed by atoms with Gasteiger partial charge in [0, 0.05) is 5.69 Å². The molecule has 1 aromatic rings. The lowest BCUT2D eigenvalue weighted by molar-refractivity contribution is -0.140. The van der Waals surface area contributed by atoms with Crippen LogP contribution in [0.25, 0.3) is 0 Å². The maximum atomic E-state index is 12.6. The van der Waals surface area contributed by atoms with E-state index in [-0.39, 0.29) is 17.7 Å². The van der Waals surface area contributed by atoms with Gasteiger partial charge in [-0.05, 0) is 18.9 Å². The summed E-state index contributed by atoms with van der Waals surface area (Å²) in [5, 5.41) is 8.88. The minimum Gasteiger partial charge on any atom is -0.478 e. The Morgan fingerprint density at radius 2 is 2.00 bits per heavy atom. The lowest BCUT2D eigenvalue weighted by Gasteiger charge is -2.15. The van der Waals surface area contributed by atoms with Crippen molar-refractivity contribution < 1.29 is 23.1 Å². The number of nitrogens with two attached hydrogens (primary N) is 1. The first kappa shape index (κ1) is 13.3. The third-order valence-electron chi connectivity index (χ3n) is 2.40. The first-order valence-electron chi connectivity index (χ1n) is 4.79. The van der Waals surface area contributed by atoms with Crippen LogP contribution in [-0.4, -0.2) is 16.1 Å². The molecule has 0 fully saturated rings. The molecular formula is C10H11F3N2O2. The van der Waals surface area contributed by atoms with E-state index in [9.17, 15) is 18.0 Å². The van der Waals surface area contributed by atoms with Crippen LogP contribution in [0.2, 0.25) is 0 Å². The fourth-order valence-electron chi connectivity index (χ4n) is 1.58. The molecule has 17 heavy (non-hydrogen) atoms. The molecule has 7 heteroatoms. The van der Waals surface area contributed by atoms with Crippen molar-refractivity contribution in [3.05, 3.63) is 22.5 Å². The highest BCUT2D eigenvalue weighted by molar-refractivity contribution is 5.96. The molecule has 0 bridgehead atoms. The number of pyridine rings is 1. The minimum atomic E-state index is -4.76. The Hall–Kier alpha value is -1.79. The standard InChI is InChI=1S/C10H11F3N2O2/c1-3-5-4(2)6(9(16)17)7(14)8(15-5)10(11,12)13/h3,14H2,1-2H3,(H,16,17). The second-order valence-corrected chi connectivity index (χ2v) is 3.48. The number of nitrogen functional groups attached to an aromatic ring is 1. The van der Waals surface area contributed by atoms with Gasteiger partial charge in [-0.2, -0.15) is 13.2 Å². The zero-order valence-electron chi connectivity index (χ0n) is 9.22. The fourth-order valence-corrected chi connectivity index (χ4v) is 1.58. The molecule has 0 spiro atoms. The maximum Gasteiger partial charge on any atom is 0.435 e. The molecule has 0 unspecified atom stereocenters. The van der Waals surface area contributed by atoms with Crippen molar-refractivity contribution in [1.29, 1.82) is 0 Å². The molecule has 0 radical (unpaired) electrons. The molecule has 94 valence electrons. The highest BCUT2D eigenvalue weighted by Crippen LogP contribution is 2.35. The number of aromatic nitrogens is 1. The van der Waals surface area contributed by atoms with Gasteiger partial charge in [0.15, 0.2) is 5.69 Å². The van der Waals surface area contributed by atoms with Gasteiger partial charge in [0.25, 0.3) is 0 Å². The van der Waals surface area contributed by atoms with Crippen LogP contribution in [0.4, 0.5) is 18.9 Å². The summed E-state index contributed by atoms with van der Waals surface area (Å²) in [6, 6.07) is 0. The molecule has 0 saturated heterocycles. The second kappa shape index (κ2) is 4.23. The highest BCUT2D eigenvalue weighted by Gasteiger charge is 2.38. The molecule has 0 amide bonds. The van der Waals surface area contributed by atoms with E-state index in [1.54, 1.807) is 6.92 Å². The van der Waals surface area contributed by atoms with Crippen LogP contribution < -0.4 is 5.73 Å². The van der Waals surface area contributed by atoms with Gasteiger partial charge in [0.2, 0.25) is 0 Å². The van der Waals surface area contributed by atoms with E-state index in [0.717, 1.165) is 0 Å². The third kappa shape index (κ3) is 2.32. The molecule has 0 atom stereocenters. The Morgan fingerprint density at radius 1 is 1.47 bits per heavy atom. The predicted molar refractivity (Wildman–Crippen MR) is 54.7 cm³/mol. The number of carbonyl (C=O) groups is 1. The van der Waals surface area contributed by atoms with Gasteiger partial charge >= 0.3 is 12.1 Å². The van der Waals surface area contributed by atoms with Gasteiger partial charge in [0.05, 0.1) is 11.3 Å². The van der Waals surface area contributed by atoms with Crippen LogP contribution in [0.1, 0.15) is 34.2 Å². The molecular weight excluding hydrogens is 237 g/mol. The number of hydrogen-bond acceptors (Lipinski definition) is 3. The van der Waals surface area contributed by atoms with E-state index in [1.807, 2.05) is 0 Å². The Balaban J connectivity index is 3.66. The van der Waals surface area contributed by atoms with Crippen LogP contribution in [0.3, 0.4) is 0 Å². The van der Waals surface area contributed by atoms with E-state index in [2.05, 4.69) is 4.98 Å². The Kier molecular flexibility index (Phi) is 3.30. The molecule has 1 heterocycles. The van der Waals surface area contributed by atoms with E-state index in [1.165, 1.54) is 6.92 Å². The topological polar surface area (TPSA) is 76.2 Å². The predicted octanol–water partition coefficient (Wildman–Crippen LogP) is 2.25. The second-order valence-electron chi connectivity index (χ2n) is 3.48. The quantitative estimate of drug-likeness (QED) is 0.841.